The van der Waals surface area contributed by atoms with Crippen molar-refractivity contribution in [2.75, 3.05) is 67.0 Å². The number of nitrogens with zero attached hydrogens (tertiary/aromatic N) is 1. The molecule has 0 rings (SSSR count). The van der Waals surface area contributed by atoms with Crippen LogP contribution in [-0.4, -0.2) is 108 Å². The Balaban J connectivity index is -0.000000596. The van der Waals surface area contributed by atoms with E-state index < -0.39 is 12.2 Å². The van der Waals surface area contributed by atoms with E-state index >= 15 is 0 Å². The summed E-state index contributed by atoms with van der Waals surface area (Å²) >= 11 is 0. The minimum atomic E-state index is -0.443. The van der Waals surface area contributed by atoms with Gasteiger partial charge in [-0.05, 0) is 39.5 Å². The number of carbonyl (C=O) groups is 1. The van der Waals surface area contributed by atoms with Gasteiger partial charge in [0.1, 0.15) is 6.10 Å². The Hall–Kier alpha value is -1.59. The number of carbonyl (C=O) groups excluding carboxylic acids is 2. The molecule has 0 aromatic heterocycles. The third kappa shape index (κ3) is 43.7. The van der Waals surface area contributed by atoms with Crippen LogP contribution in [0, 0.1) is 0 Å². The fourth-order valence-electron chi connectivity index (χ4n) is 2.86. The van der Waals surface area contributed by atoms with E-state index in [2.05, 4.69) is 24.2 Å². The van der Waals surface area contributed by atoms with Gasteiger partial charge in [0.15, 0.2) is 0 Å². The standard InChI is InChI=1S/C15H31NO5.C7H13NO3.C6H14O/c1-4-5-7-14(17)12-13(2)21-15(18)16-8-6-9-20-11-10-19-3;1-10-5-6-11-4-2-3-8-7-9;1-3-4-5-6(2)7/h13-14,17H,4-12H2,1-3H3,(H,16,18);2-6H2,1H3;6-7H,3-5H2,1-2H3. The maximum absolute atomic E-state index is 11.5. The van der Waals surface area contributed by atoms with Crippen molar-refractivity contribution in [3.8, 4) is 0 Å². The molecule has 1 amide bonds. The van der Waals surface area contributed by atoms with Crippen molar-refractivity contribution < 1.29 is 43.5 Å². The number of hydrogen-bond acceptors (Lipinski definition) is 10. The average Bonchev–Trinajstić information content (AvgIpc) is 2.90. The monoisotopic (exact) mass is 566 g/mol. The van der Waals surface area contributed by atoms with E-state index in [0.717, 1.165) is 44.9 Å². The lowest BCUT2D eigenvalue weighted by molar-refractivity contribution is 0.0566. The summed E-state index contributed by atoms with van der Waals surface area (Å²) in [6.45, 7) is 12.4. The Morgan fingerprint density at radius 2 is 1.41 bits per heavy atom. The van der Waals surface area contributed by atoms with E-state index in [1.165, 1.54) is 12.5 Å². The Bertz CT molecular complexity index is 533. The number of nitrogens with one attached hydrogen (secondary N) is 1. The van der Waals surface area contributed by atoms with Crippen molar-refractivity contribution >= 4 is 12.2 Å². The molecule has 0 heterocycles. The Kier molecular flexibility index (Phi) is 39.1. The van der Waals surface area contributed by atoms with Crippen LogP contribution in [0.5, 0.6) is 0 Å². The predicted octanol–water partition coefficient (Wildman–Crippen LogP) is 4.03. The number of methoxy groups -OCH3 is 2. The number of alkyl carbamates (subject to hydrolysis) is 1. The number of aliphatic hydroxyl groups excluding tert-OH is 2. The first kappa shape index (κ1) is 41.9. The number of amides is 1. The van der Waals surface area contributed by atoms with Gasteiger partial charge in [-0.2, -0.15) is 0 Å². The Morgan fingerprint density at radius 3 is 1.90 bits per heavy atom. The largest absolute Gasteiger partial charge is 0.446 e. The number of aliphatic imine (C=N–C) groups is 1. The minimum Gasteiger partial charge on any atom is -0.446 e. The summed E-state index contributed by atoms with van der Waals surface area (Å²) < 4.78 is 25.2. The van der Waals surface area contributed by atoms with Crippen LogP contribution in [-0.2, 0) is 28.5 Å². The highest BCUT2D eigenvalue weighted by Crippen LogP contribution is 2.09. The molecule has 39 heavy (non-hydrogen) atoms. The van der Waals surface area contributed by atoms with Gasteiger partial charge in [-0.25, -0.2) is 14.6 Å². The summed E-state index contributed by atoms with van der Waals surface area (Å²) in [5.74, 6) is 0. The van der Waals surface area contributed by atoms with E-state index in [0.29, 0.717) is 59.2 Å². The lowest BCUT2D eigenvalue weighted by atomic mass is 10.1. The number of isocyanates is 1. The van der Waals surface area contributed by atoms with Gasteiger partial charge in [-0.15, -0.1) is 0 Å². The molecule has 3 atom stereocenters. The topological polar surface area (TPSA) is 145 Å². The van der Waals surface area contributed by atoms with Crippen LogP contribution in [0.15, 0.2) is 4.99 Å². The maximum Gasteiger partial charge on any atom is 0.407 e. The Morgan fingerprint density at radius 1 is 0.846 bits per heavy atom. The molecule has 0 saturated carbocycles. The second kappa shape index (κ2) is 36.4. The molecule has 0 radical (unpaired) electrons. The number of ether oxygens (including phenoxy) is 5. The van der Waals surface area contributed by atoms with Gasteiger partial charge >= 0.3 is 6.09 Å². The summed E-state index contributed by atoms with van der Waals surface area (Å²) in [7, 11) is 3.25. The summed E-state index contributed by atoms with van der Waals surface area (Å²) in [5.41, 5.74) is 0. The van der Waals surface area contributed by atoms with Gasteiger partial charge in [0.2, 0.25) is 6.08 Å². The first-order valence-corrected chi connectivity index (χ1v) is 14.3. The highest BCUT2D eigenvalue weighted by molar-refractivity contribution is 5.67. The van der Waals surface area contributed by atoms with Crippen LogP contribution in [0.4, 0.5) is 4.79 Å². The third-order valence-corrected chi connectivity index (χ3v) is 5.00. The Labute approximate surface area is 237 Å². The second-order valence-corrected chi connectivity index (χ2v) is 9.06. The van der Waals surface area contributed by atoms with Crippen molar-refractivity contribution in [3.63, 3.8) is 0 Å². The van der Waals surface area contributed by atoms with Gasteiger partial charge in [0.25, 0.3) is 0 Å². The zero-order valence-electron chi connectivity index (χ0n) is 25.5. The lowest BCUT2D eigenvalue weighted by Gasteiger charge is -2.17. The lowest BCUT2D eigenvalue weighted by Crippen LogP contribution is -2.30. The van der Waals surface area contributed by atoms with Crippen LogP contribution < -0.4 is 5.32 Å². The van der Waals surface area contributed by atoms with E-state index in [1.807, 2.05) is 6.92 Å². The highest BCUT2D eigenvalue weighted by atomic mass is 16.6. The summed E-state index contributed by atoms with van der Waals surface area (Å²) in [6, 6.07) is 0. The van der Waals surface area contributed by atoms with Crippen molar-refractivity contribution in [1.82, 2.24) is 5.32 Å². The number of aliphatic hydroxyl groups is 2. The van der Waals surface area contributed by atoms with Crippen molar-refractivity contribution in [2.45, 2.75) is 104 Å². The number of rotatable bonds is 23. The molecule has 0 aromatic rings. The zero-order chi connectivity index (χ0) is 30.0. The van der Waals surface area contributed by atoms with Crippen molar-refractivity contribution in [2.24, 2.45) is 4.99 Å². The summed E-state index contributed by atoms with van der Waals surface area (Å²) in [5, 5.41) is 21.1. The molecule has 0 fully saturated rings. The molecular weight excluding hydrogens is 508 g/mol. The molecule has 234 valence electrons. The normalized spacial score (nSPS) is 12.5. The van der Waals surface area contributed by atoms with E-state index in [-0.39, 0.29) is 12.2 Å². The van der Waals surface area contributed by atoms with Gasteiger partial charge in [-0.1, -0.05) is 39.5 Å². The smallest absolute Gasteiger partial charge is 0.407 e. The molecule has 0 aliphatic carbocycles. The first-order chi connectivity index (χ1) is 18.8. The van der Waals surface area contributed by atoms with E-state index in [9.17, 15) is 14.7 Å². The van der Waals surface area contributed by atoms with Gasteiger partial charge < -0.3 is 39.2 Å². The molecule has 0 spiro atoms. The van der Waals surface area contributed by atoms with Crippen LogP contribution in [0.2, 0.25) is 0 Å². The second-order valence-electron chi connectivity index (χ2n) is 9.06. The highest BCUT2D eigenvalue weighted by Gasteiger charge is 2.13. The SMILES string of the molecule is CCCCC(C)O.CCCCC(O)CC(C)OC(=O)NCCCOCCOC.COCCOCCCN=C=O. The van der Waals surface area contributed by atoms with Gasteiger partial charge in [0.05, 0.1) is 45.2 Å². The summed E-state index contributed by atoms with van der Waals surface area (Å²) in [6.07, 6.45) is 8.30. The van der Waals surface area contributed by atoms with Crippen LogP contribution in [0.1, 0.15) is 85.5 Å². The predicted molar refractivity (Wildman–Crippen MR) is 153 cm³/mol. The minimum absolute atomic E-state index is 0.0973. The molecule has 0 aliphatic rings. The maximum atomic E-state index is 11.5. The average molecular weight is 567 g/mol. The summed E-state index contributed by atoms with van der Waals surface area (Å²) in [4.78, 5) is 24.5. The van der Waals surface area contributed by atoms with E-state index in [1.54, 1.807) is 21.1 Å². The van der Waals surface area contributed by atoms with Crippen molar-refractivity contribution in [1.29, 1.82) is 0 Å². The quantitative estimate of drug-likeness (QED) is 0.0948. The van der Waals surface area contributed by atoms with Crippen LogP contribution >= 0.6 is 0 Å². The van der Waals surface area contributed by atoms with Crippen LogP contribution in [0.25, 0.3) is 0 Å². The molecular formula is C28H58N2O9. The fraction of sp³-hybridized carbons (Fsp3) is 0.929. The fourth-order valence-corrected chi connectivity index (χ4v) is 2.86. The number of unbranched alkanes of at least 4 members (excludes halogenated alkanes) is 2. The third-order valence-electron chi connectivity index (χ3n) is 5.00. The molecule has 0 aromatic carbocycles. The molecule has 11 nitrogen and oxygen atoms in total. The first-order valence-electron chi connectivity index (χ1n) is 14.3. The zero-order valence-corrected chi connectivity index (χ0v) is 25.5. The van der Waals surface area contributed by atoms with Gasteiger partial charge in [0, 0.05) is 40.4 Å². The van der Waals surface area contributed by atoms with E-state index in [4.69, 9.17) is 28.8 Å². The molecule has 11 heteroatoms. The molecule has 0 aliphatic heterocycles. The van der Waals surface area contributed by atoms with Crippen LogP contribution in [0.3, 0.4) is 0 Å². The number of hydrogen-bond donors (Lipinski definition) is 3. The molecule has 3 unspecified atom stereocenters. The van der Waals surface area contributed by atoms with Crippen molar-refractivity contribution in [3.05, 3.63) is 0 Å². The molecule has 0 saturated heterocycles. The van der Waals surface area contributed by atoms with Gasteiger partial charge in [-0.3, -0.25) is 0 Å². The molecule has 0 bridgehead atoms. The molecule has 3 N–H and O–H groups in total.